The van der Waals surface area contributed by atoms with Gasteiger partial charge in [-0.2, -0.15) is 0 Å². The number of nitrogens with one attached hydrogen (secondary N) is 1. The maximum atomic E-state index is 6.30. The standard InChI is InChI=1S/C17H28ClN5/c1-4-21(3)10-9-20-17(19-2)23-13-11-22(12-14-23)16-8-6-5-7-15(16)18/h5-8H,4,9-14H2,1-3H3,(H,19,20). The first kappa shape index (κ1) is 17.9. The Bertz CT molecular complexity index is 511. The van der Waals surface area contributed by atoms with E-state index in [-0.39, 0.29) is 0 Å². The highest BCUT2D eigenvalue weighted by molar-refractivity contribution is 6.33. The van der Waals surface area contributed by atoms with Crippen LogP contribution < -0.4 is 10.2 Å². The molecule has 0 aliphatic carbocycles. The summed E-state index contributed by atoms with van der Waals surface area (Å²) in [6.07, 6.45) is 0. The normalized spacial score (nSPS) is 16.1. The number of likely N-dealkylation sites (N-methyl/N-ethyl adjacent to an activating group) is 1. The van der Waals surface area contributed by atoms with Crippen molar-refractivity contribution in [1.29, 1.82) is 0 Å². The largest absolute Gasteiger partial charge is 0.367 e. The number of piperazine rings is 1. The molecule has 0 spiro atoms. The van der Waals surface area contributed by atoms with Crippen molar-refractivity contribution in [3.8, 4) is 0 Å². The van der Waals surface area contributed by atoms with E-state index in [2.05, 4.69) is 45.0 Å². The van der Waals surface area contributed by atoms with Crippen molar-refractivity contribution in [3.63, 3.8) is 0 Å². The van der Waals surface area contributed by atoms with Gasteiger partial charge < -0.3 is 20.0 Å². The van der Waals surface area contributed by atoms with Gasteiger partial charge in [-0.05, 0) is 25.7 Å². The highest BCUT2D eigenvalue weighted by Crippen LogP contribution is 2.25. The molecule has 0 radical (unpaired) electrons. The molecule has 1 N–H and O–H groups in total. The molecule has 1 heterocycles. The van der Waals surface area contributed by atoms with Crippen molar-refractivity contribution < 1.29 is 0 Å². The fraction of sp³-hybridized carbons (Fsp3) is 0.588. The maximum Gasteiger partial charge on any atom is 0.193 e. The molecule has 5 nitrogen and oxygen atoms in total. The zero-order valence-electron chi connectivity index (χ0n) is 14.4. The topological polar surface area (TPSA) is 34.1 Å². The lowest BCUT2D eigenvalue weighted by Gasteiger charge is -2.38. The van der Waals surface area contributed by atoms with Gasteiger partial charge in [-0.1, -0.05) is 30.7 Å². The number of halogens is 1. The van der Waals surface area contributed by atoms with Crippen LogP contribution in [-0.2, 0) is 0 Å². The molecule has 1 aliphatic heterocycles. The van der Waals surface area contributed by atoms with Crippen LogP contribution in [0.3, 0.4) is 0 Å². The van der Waals surface area contributed by atoms with Crippen LogP contribution >= 0.6 is 11.6 Å². The minimum atomic E-state index is 0.825. The molecular weight excluding hydrogens is 310 g/mol. The van der Waals surface area contributed by atoms with E-state index >= 15 is 0 Å². The molecule has 0 saturated carbocycles. The van der Waals surface area contributed by atoms with Gasteiger partial charge in [0.05, 0.1) is 10.7 Å². The van der Waals surface area contributed by atoms with Crippen LogP contribution in [0.4, 0.5) is 5.69 Å². The minimum Gasteiger partial charge on any atom is -0.367 e. The van der Waals surface area contributed by atoms with Crippen molar-refractivity contribution in [1.82, 2.24) is 15.1 Å². The number of rotatable bonds is 5. The van der Waals surface area contributed by atoms with Crippen molar-refractivity contribution in [3.05, 3.63) is 29.3 Å². The second kappa shape index (κ2) is 8.99. The Morgan fingerprint density at radius 3 is 2.57 bits per heavy atom. The zero-order chi connectivity index (χ0) is 16.7. The number of benzene rings is 1. The highest BCUT2D eigenvalue weighted by atomic mass is 35.5. The maximum absolute atomic E-state index is 6.30. The molecule has 0 unspecified atom stereocenters. The molecule has 23 heavy (non-hydrogen) atoms. The molecule has 1 aromatic rings. The van der Waals surface area contributed by atoms with E-state index < -0.39 is 0 Å². The number of hydrogen-bond donors (Lipinski definition) is 1. The van der Waals surface area contributed by atoms with Crippen LogP contribution in [0.2, 0.25) is 5.02 Å². The lowest BCUT2D eigenvalue weighted by molar-refractivity contribution is 0.344. The van der Waals surface area contributed by atoms with E-state index in [0.717, 1.165) is 62.5 Å². The van der Waals surface area contributed by atoms with Crippen LogP contribution in [0.1, 0.15) is 6.92 Å². The summed E-state index contributed by atoms with van der Waals surface area (Å²) in [7, 11) is 3.99. The average Bonchev–Trinajstić information content (AvgIpc) is 2.59. The number of guanidine groups is 1. The predicted octanol–water partition coefficient (Wildman–Crippen LogP) is 1.99. The van der Waals surface area contributed by atoms with Gasteiger partial charge in [-0.3, -0.25) is 4.99 Å². The molecule has 6 heteroatoms. The van der Waals surface area contributed by atoms with E-state index in [1.165, 1.54) is 0 Å². The van der Waals surface area contributed by atoms with Gasteiger partial charge in [0.15, 0.2) is 5.96 Å². The molecule has 0 amide bonds. The fourth-order valence-electron chi connectivity index (χ4n) is 2.72. The van der Waals surface area contributed by atoms with E-state index in [9.17, 15) is 0 Å². The summed E-state index contributed by atoms with van der Waals surface area (Å²) in [5.41, 5.74) is 1.13. The quantitative estimate of drug-likeness (QED) is 0.658. The Labute approximate surface area is 144 Å². The third kappa shape index (κ3) is 5.01. The van der Waals surface area contributed by atoms with Crippen LogP contribution in [0.5, 0.6) is 0 Å². The Kier molecular flexibility index (Phi) is 6.99. The van der Waals surface area contributed by atoms with Gasteiger partial charge in [-0.15, -0.1) is 0 Å². The summed E-state index contributed by atoms with van der Waals surface area (Å²) in [5, 5.41) is 4.29. The average molecular weight is 338 g/mol. The van der Waals surface area contributed by atoms with Gasteiger partial charge in [0.1, 0.15) is 0 Å². The third-order valence-corrected chi connectivity index (χ3v) is 4.62. The lowest BCUT2D eigenvalue weighted by atomic mass is 10.2. The molecule has 128 valence electrons. The van der Waals surface area contributed by atoms with Gasteiger partial charge in [-0.25, -0.2) is 0 Å². The lowest BCUT2D eigenvalue weighted by Crippen LogP contribution is -2.53. The van der Waals surface area contributed by atoms with Crippen LogP contribution in [0, 0.1) is 0 Å². The molecule has 2 rings (SSSR count). The summed E-state index contributed by atoms with van der Waals surface area (Å²) in [4.78, 5) is 11.4. The summed E-state index contributed by atoms with van der Waals surface area (Å²) in [5.74, 6) is 0.994. The van der Waals surface area contributed by atoms with Crippen molar-refractivity contribution >= 4 is 23.2 Å². The highest BCUT2D eigenvalue weighted by Gasteiger charge is 2.20. The molecule has 0 bridgehead atoms. The van der Waals surface area contributed by atoms with Crippen LogP contribution in [-0.4, -0.2) is 75.7 Å². The SMILES string of the molecule is CCN(C)CCNC(=NC)N1CCN(c2ccccc2Cl)CC1. The smallest absolute Gasteiger partial charge is 0.193 e. The number of para-hydroxylation sites is 1. The summed E-state index contributed by atoms with van der Waals surface area (Å²) < 4.78 is 0. The summed E-state index contributed by atoms with van der Waals surface area (Å²) in [6, 6.07) is 8.05. The Morgan fingerprint density at radius 2 is 1.96 bits per heavy atom. The van der Waals surface area contributed by atoms with Crippen LogP contribution in [0.25, 0.3) is 0 Å². The van der Waals surface area contributed by atoms with E-state index in [4.69, 9.17) is 11.6 Å². The first-order valence-corrected chi connectivity index (χ1v) is 8.67. The van der Waals surface area contributed by atoms with Gasteiger partial charge in [0.25, 0.3) is 0 Å². The number of nitrogens with zero attached hydrogens (tertiary/aromatic N) is 4. The van der Waals surface area contributed by atoms with E-state index in [0.29, 0.717) is 0 Å². The molecule has 1 aliphatic rings. The van der Waals surface area contributed by atoms with Crippen LogP contribution in [0.15, 0.2) is 29.3 Å². The summed E-state index contributed by atoms with van der Waals surface area (Å²) in [6.45, 7) is 9.00. The van der Waals surface area contributed by atoms with E-state index in [1.807, 2.05) is 25.2 Å². The van der Waals surface area contributed by atoms with Crippen molar-refractivity contribution in [2.24, 2.45) is 4.99 Å². The summed E-state index contributed by atoms with van der Waals surface area (Å²) >= 11 is 6.30. The first-order valence-electron chi connectivity index (χ1n) is 8.29. The minimum absolute atomic E-state index is 0.825. The molecule has 1 fully saturated rings. The van der Waals surface area contributed by atoms with Gasteiger partial charge >= 0.3 is 0 Å². The zero-order valence-corrected chi connectivity index (χ0v) is 15.2. The molecule has 0 aromatic heterocycles. The Morgan fingerprint density at radius 1 is 1.26 bits per heavy atom. The van der Waals surface area contributed by atoms with Gasteiger partial charge in [0, 0.05) is 46.3 Å². The van der Waals surface area contributed by atoms with Crippen molar-refractivity contribution in [2.75, 3.05) is 64.8 Å². The first-order chi connectivity index (χ1) is 11.2. The fourth-order valence-corrected chi connectivity index (χ4v) is 2.97. The van der Waals surface area contributed by atoms with E-state index in [1.54, 1.807) is 0 Å². The molecule has 0 atom stereocenters. The predicted molar refractivity (Wildman–Crippen MR) is 99.8 cm³/mol. The Balaban J connectivity index is 1.84. The number of hydrogen-bond acceptors (Lipinski definition) is 3. The molecule has 1 aromatic carbocycles. The molecule has 1 saturated heterocycles. The monoisotopic (exact) mass is 337 g/mol. The Hall–Kier alpha value is -1.46. The van der Waals surface area contributed by atoms with Crippen molar-refractivity contribution in [2.45, 2.75) is 6.92 Å². The number of anilines is 1. The second-order valence-electron chi connectivity index (χ2n) is 5.80. The van der Waals surface area contributed by atoms with Gasteiger partial charge in [0.2, 0.25) is 0 Å². The third-order valence-electron chi connectivity index (χ3n) is 4.30. The molecular formula is C17H28ClN5. The number of aliphatic imine (C=N–C) groups is 1. The second-order valence-corrected chi connectivity index (χ2v) is 6.20.